The molecular weight excluding hydrogens is 295 g/mol. The van der Waals surface area contributed by atoms with Crippen molar-refractivity contribution in [1.29, 1.82) is 0 Å². The number of aromatic nitrogens is 2. The highest BCUT2D eigenvalue weighted by Crippen LogP contribution is 2.25. The molecule has 2 N–H and O–H groups in total. The van der Waals surface area contributed by atoms with Gasteiger partial charge in [0.15, 0.2) is 0 Å². The third-order valence-corrected chi connectivity index (χ3v) is 4.18. The zero-order chi connectivity index (χ0) is 16.4. The molecule has 6 heteroatoms. The van der Waals surface area contributed by atoms with Crippen molar-refractivity contribution in [3.8, 4) is 0 Å². The molecule has 0 bridgehead atoms. The SMILES string of the molecule is CC(C)c1cc(C(=O)N2CCNCC2c2cccc(F)c2)n[nH]1. The molecule has 1 aromatic carbocycles. The number of aromatic amines is 1. The van der Waals surface area contributed by atoms with Crippen LogP contribution >= 0.6 is 0 Å². The van der Waals surface area contributed by atoms with Crippen LogP contribution in [-0.2, 0) is 0 Å². The number of amides is 1. The molecule has 1 aromatic heterocycles. The van der Waals surface area contributed by atoms with Gasteiger partial charge in [0, 0.05) is 25.3 Å². The third-order valence-electron chi connectivity index (χ3n) is 4.18. The van der Waals surface area contributed by atoms with E-state index in [2.05, 4.69) is 15.5 Å². The van der Waals surface area contributed by atoms with Gasteiger partial charge in [-0.05, 0) is 29.7 Å². The molecule has 1 fully saturated rings. The van der Waals surface area contributed by atoms with E-state index >= 15 is 0 Å². The second-order valence-corrected chi connectivity index (χ2v) is 6.14. The zero-order valence-electron chi connectivity index (χ0n) is 13.3. The molecule has 1 unspecified atom stereocenters. The Kier molecular flexibility index (Phi) is 4.43. The van der Waals surface area contributed by atoms with Gasteiger partial charge in [0.05, 0.1) is 6.04 Å². The molecule has 1 aliphatic heterocycles. The Bertz CT molecular complexity index is 697. The minimum atomic E-state index is -0.290. The Morgan fingerprint density at radius 3 is 2.91 bits per heavy atom. The fourth-order valence-electron chi connectivity index (χ4n) is 2.85. The first kappa shape index (κ1) is 15.7. The highest BCUT2D eigenvalue weighted by Gasteiger charge is 2.30. The Morgan fingerprint density at radius 2 is 2.22 bits per heavy atom. The minimum absolute atomic E-state index is 0.121. The Labute approximate surface area is 134 Å². The van der Waals surface area contributed by atoms with E-state index in [1.165, 1.54) is 12.1 Å². The van der Waals surface area contributed by atoms with Gasteiger partial charge < -0.3 is 10.2 Å². The van der Waals surface area contributed by atoms with Gasteiger partial charge in [0.25, 0.3) is 5.91 Å². The van der Waals surface area contributed by atoms with Crippen LogP contribution in [0, 0.1) is 5.82 Å². The first-order chi connectivity index (χ1) is 11.1. The number of carbonyl (C=O) groups is 1. The Hall–Kier alpha value is -2.21. The van der Waals surface area contributed by atoms with Crippen molar-refractivity contribution in [2.45, 2.75) is 25.8 Å². The lowest BCUT2D eigenvalue weighted by atomic mass is 10.0. The zero-order valence-corrected chi connectivity index (χ0v) is 13.3. The van der Waals surface area contributed by atoms with Gasteiger partial charge in [-0.15, -0.1) is 0 Å². The quantitative estimate of drug-likeness (QED) is 0.914. The van der Waals surface area contributed by atoms with E-state index < -0.39 is 0 Å². The number of carbonyl (C=O) groups excluding carboxylic acids is 1. The number of piperazine rings is 1. The molecule has 1 aliphatic rings. The summed E-state index contributed by atoms with van der Waals surface area (Å²) in [5.74, 6) is -0.127. The molecule has 2 aromatic rings. The summed E-state index contributed by atoms with van der Waals surface area (Å²) in [7, 11) is 0. The summed E-state index contributed by atoms with van der Waals surface area (Å²) in [5, 5.41) is 10.3. The van der Waals surface area contributed by atoms with Crippen molar-refractivity contribution < 1.29 is 9.18 Å². The van der Waals surface area contributed by atoms with Crippen molar-refractivity contribution in [1.82, 2.24) is 20.4 Å². The van der Waals surface area contributed by atoms with Gasteiger partial charge in [0.1, 0.15) is 11.5 Å². The molecule has 0 spiro atoms. The van der Waals surface area contributed by atoms with Crippen molar-refractivity contribution in [3.05, 3.63) is 53.1 Å². The lowest BCUT2D eigenvalue weighted by molar-refractivity contribution is 0.0628. The van der Waals surface area contributed by atoms with Crippen molar-refractivity contribution in [3.63, 3.8) is 0 Å². The molecule has 1 amide bonds. The molecule has 1 atom stereocenters. The van der Waals surface area contributed by atoms with Crippen LogP contribution in [0.3, 0.4) is 0 Å². The van der Waals surface area contributed by atoms with Crippen LogP contribution in [0.1, 0.15) is 47.6 Å². The number of benzene rings is 1. The van der Waals surface area contributed by atoms with Gasteiger partial charge in [-0.25, -0.2) is 4.39 Å². The lowest BCUT2D eigenvalue weighted by Gasteiger charge is -2.36. The van der Waals surface area contributed by atoms with Crippen LogP contribution in [0.5, 0.6) is 0 Å². The molecule has 2 heterocycles. The summed E-state index contributed by atoms with van der Waals surface area (Å²) in [6.45, 7) is 5.99. The standard InChI is InChI=1S/C17H21FN4O/c1-11(2)14-9-15(21-20-14)17(23)22-7-6-19-10-16(22)12-4-3-5-13(18)8-12/h3-5,8-9,11,16,19H,6-7,10H2,1-2H3,(H,20,21). The minimum Gasteiger partial charge on any atom is -0.328 e. The summed E-state index contributed by atoms with van der Waals surface area (Å²) in [6, 6.07) is 8.04. The van der Waals surface area contributed by atoms with Crippen LogP contribution in [0.2, 0.25) is 0 Å². The largest absolute Gasteiger partial charge is 0.328 e. The molecule has 5 nitrogen and oxygen atoms in total. The smallest absolute Gasteiger partial charge is 0.274 e. The number of nitrogens with zero attached hydrogens (tertiary/aromatic N) is 2. The fraction of sp³-hybridized carbons (Fsp3) is 0.412. The summed E-state index contributed by atoms with van der Waals surface area (Å²) < 4.78 is 13.5. The van der Waals surface area contributed by atoms with Crippen molar-refractivity contribution in [2.24, 2.45) is 0 Å². The Balaban J connectivity index is 1.87. The maximum atomic E-state index is 13.5. The monoisotopic (exact) mass is 316 g/mol. The number of rotatable bonds is 3. The lowest BCUT2D eigenvalue weighted by Crippen LogP contribution is -2.48. The predicted octanol–water partition coefficient (Wildman–Crippen LogP) is 2.46. The molecule has 1 saturated heterocycles. The first-order valence-corrected chi connectivity index (χ1v) is 7.88. The fourth-order valence-corrected chi connectivity index (χ4v) is 2.85. The summed E-state index contributed by atoms with van der Waals surface area (Å²) in [4.78, 5) is 14.6. The van der Waals surface area contributed by atoms with E-state index in [4.69, 9.17) is 0 Å². The maximum absolute atomic E-state index is 13.5. The molecule has 3 rings (SSSR count). The maximum Gasteiger partial charge on any atom is 0.274 e. The predicted molar refractivity (Wildman–Crippen MR) is 85.7 cm³/mol. The number of H-pyrrole nitrogens is 1. The molecular formula is C17H21FN4O. The van der Waals surface area contributed by atoms with E-state index in [1.807, 2.05) is 19.9 Å². The van der Waals surface area contributed by atoms with Crippen molar-refractivity contribution >= 4 is 5.91 Å². The molecule has 0 aliphatic carbocycles. The molecule has 122 valence electrons. The van der Waals surface area contributed by atoms with Gasteiger partial charge in [-0.1, -0.05) is 26.0 Å². The summed E-state index contributed by atoms with van der Waals surface area (Å²) in [6.07, 6.45) is 0. The molecule has 0 radical (unpaired) electrons. The van der Waals surface area contributed by atoms with Gasteiger partial charge in [0.2, 0.25) is 0 Å². The van der Waals surface area contributed by atoms with E-state index in [9.17, 15) is 9.18 Å². The average molecular weight is 316 g/mol. The highest BCUT2D eigenvalue weighted by atomic mass is 19.1. The van der Waals surface area contributed by atoms with E-state index in [1.54, 1.807) is 17.0 Å². The number of halogens is 1. The molecule has 0 saturated carbocycles. The second-order valence-electron chi connectivity index (χ2n) is 6.14. The van der Waals surface area contributed by atoms with Gasteiger partial charge in [-0.3, -0.25) is 9.89 Å². The summed E-state index contributed by atoms with van der Waals surface area (Å²) in [5.41, 5.74) is 2.15. The average Bonchev–Trinajstić information content (AvgIpc) is 3.04. The van der Waals surface area contributed by atoms with Crippen molar-refractivity contribution in [2.75, 3.05) is 19.6 Å². The normalized spacial score (nSPS) is 18.4. The number of hydrogen-bond acceptors (Lipinski definition) is 3. The van der Waals surface area contributed by atoms with E-state index in [0.717, 1.165) is 17.8 Å². The summed E-state index contributed by atoms with van der Waals surface area (Å²) >= 11 is 0. The number of nitrogens with one attached hydrogen (secondary N) is 2. The molecule has 23 heavy (non-hydrogen) atoms. The van der Waals surface area contributed by atoms with Crippen LogP contribution in [-0.4, -0.2) is 40.6 Å². The van der Waals surface area contributed by atoms with Gasteiger partial charge >= 0.3 is 0 Å². The van der Waals surface area contributed by atoms with Crippen LogP contribution in [0.4, 0.5) is 4.39 Å². The topological polar surface area (TPSA) is 61.0 Å². The third kappa shape index (κ3) is 3.27. The van der Waals surface area contributed by atoms with E-state index in [0.29, 0.717) is 18.8 Å². The Morgan fingerprint density at radius 1 is 1.39 bits per heavy atom. The first-order valence-electron chi connectivity index (χ1n) is 7.88. The van der Waals surface area contributed by atoms with Crippen LogP contribution in [0.15, 0.2) is 30.3 Å². The highest BCUT2D eigenvalue weighted by molar-refractivity contribution is 5.92. The number of hydrogen-bond donors (Lipinski definition) is 2. The second kappa shape index (κ2) is 6.50. The van der Waals surface area contributed by atoms with Crippen LogP contribution in [0.25, 0.3) is 0 Å². The van der Waals surface area contributed by atoms with Crippen LogP contribution < -0.4 is 5.32 Å². The van der Waals surface area contributed by atoms with Gasteiger partial charge in [-0.2, -0.15) is 5.10 Å². The van der Waals surface area contributed by atoms with E-state index in [-0.39, 0.29) is 23.7 Å².